The molecule has 1 aliphatic rings. The van der Waals surface area contributed by atoms with E-state index in [4.69, 9.17) is 11.6 Å². The van der Waals surface area contributed by atoms with E-state index in [1.807, 2.05) is 13.0 Å². The molecule has 1 aromatic rings. The van der Waals surface area contributed by atoms with Gasteiger partial charge in [-0.25, -0.2) is 0 Å². The largest absolute Gasteiger partial charge is 0.352 e. The minimum absolute atomic E-state index is 0.0206. The predicted octanol–water partition coefficient (Wildman–Crippen LogP) is 2.52. The first-order valence-electron chi connectivity index (χ1n) is 6.44. The summed E-state index contributed by atoms with van der Waals surface area (Å²) in [6.45, 7) is 3.73. The third kappa shape index (κ3) is 3.47. The highest BCUT2D eigenvalue weighted by molar-refractivity contribution is 6.31. The van der Waals surface area contributed by atoms with E-state index < -0.39 is 0 Å². The lowest BCUT2D eigenvalue weighted by Crippen LogP contribution is -2.30. The minimum Gasteiger partial charge on any atom is -0.352 e. The highest BCUT2D eigenvalue weighted by Crippen LogP contribution is 2.16. The standard InChI is InChI=1S/C14H19ClN2O/c1-10-9-11(4-5-13(10)15)14(18)17-8-6-12-3-2-7-16-12/h4-5,9,12,16H,2-3,6-8H2,1H3,(H,17,18)/t12-/m0/s1. The molecule has 1 aromatic carbocycles. The second-order valence-electron chi connectivity index (χ2n) is 4.80. The van der Waals surface area contributed by atoms with Crippen molar-refractivity contribution < 1.29 is 4.79 Å². The first-order chi connectivity index (χ1) is 8.66. The Balaban J connectivity index is 1.81. The number of nitrogens with one attached hydrogen (secondary N) is 2. The van der Waals surface area contributed by atoms with E-state index in [2.05, 4.69) is 10.6 Å². The zero-order valence-corrected chi connectivity index (χ0v) is 11.4. The third-order valence-corrected chi connectivity index (χ3v) is 3.78. The molecule has 1 saturated heterocycles. The van der Waals surface area contributed by atoms with Crippen LogP contribution in [0.2, 0.25) is 5.02 Å². The van der Waals surface area contributed by atoms with Crippen LogP contribution < -0.4 is 10.6 Å². The lowest BCUT2D eigenvalue weighted by atomic mass is 10.1. The lowest BCUT2D eigenvalue weighted by Gasteiger charge is -2.11. The third-order valence-electron chi connectivity index (χ3n) is 3.36. The molecule has 3 nitrogen and oxygen atoms in total. The van der Waals surface area contributed by atoms with Crippen molar-refractivity contribution in [3.63, 3.8) is 0 Å². The summed E-state index contributed by atoms with van der Waals surface area (Å²) in [6.07, 6.45) is 3.46. The van der Waals surface area contributed by atoms with Gasteiger partial charge in [-0.1, -0.05) is 11.6 Å². The molecule has 0 saturated carbocycles. The smallest absolute Gasteiger partial charge is 0.251 e. The molecule has 2 rings (SSSR count). The highest BCUT2D eigenvalue weighted by Gasteiger charge is 2.14. The summed E-state index contributed by atoms with van der Waals surface area (Å²) < 4.78 is 0. The Morgan fingerprint density at radius 3 is 3.06 bits per heavy atom. The first kappa shape index (κ1) is 13.4. The molecule has 0 bridgehead atoms. The highest BCUT2D eigenvalue weighted by atomic mass is 35.5. The minimum atomic E-state index is -0.0206. The molecule has 1 amide bonds. The second-order valence-corrected chi connectivity index (χ2v) is 5.21. The summed E-state index contributed by atoms with van der Waals surface area (Å²) >= 11 is 5.94. The molecule has 1 fully saturated rings. The molecular weight excluding hydrogens is 248 g/mol. The van der Waals surface area contributed by atoms with E-state index in [-0.39, 0.29) is 5.91 Å². The second kappa shape index (κ2) is 6.21. The monoisotopic (exact) mass is 266 g/mol. The van der Waals surface area contributed by atoms with Crippen LogP contribution in [-0.4, -0.2) is 25.0 Å². The maximum Gasteiger partial charge on any atom is 0.251 e. The molecule has 0 unspecified atom stereocenters. The van der Waals surface area contributed by atoms with E-state index in [0.717, 1.165) is 25.1 Å². The maximum absolute atomic E-state index is 11.9. The van der Waals surface area contributed by atoms with Crippen LogP contribution >= 0.6 is 11.6 Å². The van der Waals surface area contributed by atoms with Crippen molar-refractivity contribution in [3.05, 3.63) is 34.3 Å². The Morgan fingerprint density at radius 1 is 1.56 bits per heavy atom. The van der Waals surface area contributed by atoms with Crippen LogP contribution in [0.4, 0.5) is 0 Å². The Hall–Kier alpha value is -1.06. The van der Waals surface area contributed by atoms with Crippen molar-refractivity contribution in [2.45, 2.75) is 32.2 Å². The summed E-state index contributed by atoms with van der Waals surface area (Å²) in [7, 11) is 0. The van der Waals surface area contributed by atoms with Crippen LogP contribution in [0, 0.1) is 6.92 Å². The molecule has 0 radical (unpaired) electrons. The average molecular weight is 267 g/mol. The quantitative estimate of drug-likeness (QED) is 0.879. The number of carbonyl (C=O) groups is 1. The number of carbonyl (C=O) groups excluding carboxylic acids is 1. The number of rotatable bonds is 4. The van der Waals surface area contributed by atoms with E-state index in [1.165, 1.54) is 12.8 Å². The first-order valence-corrected chi connectivity index (χ1v) is 6.82. The summed E-state index contributed by atoms with van der Waals surface area (Å²) in [5, 5.41) is 7.06. The van der Waals surface area contributed by atoms with Crippen molar-refractivity contribution >= 4 is 17.5 Å². The van der Waals surface area contributed by atoms with Gasteiger partial charge >= 0.3 is 0 Å². The average Bonchev–Trinajstić information content (AvgIpc) is 2.85. The molecule has 2 N–H and O–H groups in total. The fourth-order valence-corrected chi connectivity index (χ4v) is 2.37. The molecular formula is C14H19ClN2O. The molecule has 4 heteroatoms. The number of hydrogen-bond donors (Lipinski definition) is 2. The van der Waals surface area contributed by atoms with E-state index in [9.17, 15) is 4.79 Å². The van der Waals surface area contributed by atoms with Gasteiger partial charge in [0.2, 0.25) is 0 Å². The lowest BCUT2D eigenvalue weighted by molar-refractivity contribution is 0.0952. The molecule has 0 aromatic heterocycles. The number of hydrogen-bond acceptors (Lipinski definition) is 2. The van der Waals surface area contributed by atoms with Crippen molar-refractivity contribution in [2.24, 2.45) is 0 Å². The van der Waals surface area contributed by atoms with Gasteiger partial charge in [0.15, 0.2) is 0 Å². The van der Waals surface area contributed by atoms with Crippen LogP contribution in [0.25, 0.3) is 0 Å². The summed E-state index contributed by atoms with van der Waals surface area (Å²) in [6, 6.07) is 5.92. The van der Waals surface area contributed by atoms with Gasteiger partial charge in [0.05, 0.1) is 0 Å². The van der Waals surface area contributed by atoms with Gasteiger partial charge in [-0.3, -0.25) is 4.79 Å². The van der Waals surface area contributed by atoms with Crippen molar-refractivity contribution in [1.29, 1.82) is 0 Å². The van der Waals surface area contributed by atoms with Gasteiger partial charge in [-0.2, -0.15) is 0 Å². The van der Waals surface area contributed by atoms with Gasteiger partial charge in [0.25, 0.3) is 5.91 Å². The number of benzene rings is 1. The SMILES string of the molecule is Cc1cc(C(=O)NCC[C@@H]2CCCN2)ccc1Cl. The summed E-state index contributed by atoms with van der Waals surface area (Å²) in [4.78, 5) is 11.9. The van der Waals surface area contributed by atoms with Crippen molar-refractivity contribution in [2.75, 3.05) is 13.1 Å². The van der Waals surface area contributed by atoms with Crippen LogP contribution in [-0.2, 0) is 0 Å². The van der Waals surface area contributed by atoms with Gasteiger partial charge in [-0.05, 0) is 56.5 Å². The number of amides is 1. The number of aryl methyl sites for hydroxylation is 1. The van der Waals surface area contributed by atoms with Gasteiger partial charge in [-0.15, -0.1) is 0 Å². The molecule has 0 spiro atoms. The zero-order valence-electron chi connectivity index (χ0n) is 10.6. The Morgan fingerprint density at radius 2 is 2.39 bits per heavy atom. The Kier molecular flexibility index (Phi) is 4.61. The van der Waals surface area contributed by atoms with Gasteiger partial charge in [0, 0.05) is 23.2 Å². The van der Waals surface area contributed by atoms with Crippen LogP contribution in [0.1, 0.15) is 35.2 Å². The summed E-state index contributed by atoms with van der Waals surface area (Å²) in [5.41, 5.74) is 1.61. The van der Waals surface area contributed by atoms with Gasteiger partial charge < -0.3 is 10.6 Å². The molecule has 1 heterocycles. The van der Waals surface area contributed by atoms with Crippen LogP contribution in [0.5, 0.6) is 0 Å². The molecule has 98 valence electrons. The summed E-state index contributed by atoms with van der Waals surface area (Å²) in [5.74, 6) is -0.0206. The van der Waals surface area contributed by atoms with Crippen LogP contribution in [0.15, 0.2) is 18.2 Å². The van der Waals surface area contributed by atoms with Crippen molar-refractivity contribution in [1.82, 2.24) is 10.6 Å². The Bertz CT molecular complexity index is 428. The van der Waals surface area contributed by atoms with Crippen molar-refractivity contribution in [3.8, 4) is 0 Å². The van der Waals surface area contributed by atoms with E-state index in [1.54, 1.807) is 12.1 Å². The molecule has 1 atom stereocenters. The van der Waals surface area contributed by atoms with Gasteiger partial charge in [0.1, 0.15) is 0 Å². The fraction of sp³-hybridized carbons (Fsp3) is 0.500. The normalized spacial score (nSPS) is 18.9. The Labute approximate surface area is 113 Å². The van der Waals surface area contributed by atoms with Crippen LogP contribution in [0.3, 0.4) is 0 Å². The van der Waals surface area contributed by atoms with E-state index in [0.29, 0.717) is 16.6 Å². The molecule has 1 aliphatic heterocycles. The van der Waals surface area contributed by atoms with E-state index >= 15 is 0 Å². The fourth-order valence-electron chi connectivity index (χ4n) is 2.25. The number of halogens is 1. The maximum atomic E-state index is 11.9. The molecule has 18 heavy (non-hydrogen) atoms. The zero-order chi connectivity index (χ0) is 13.0. The molecule has 0 aliphatic carbocycles. The topological polar surface area (TPSA) is 41.1 Å². The predicted molar refractivity (Wildman–Crippen MR) is 74.2 cm³/mol.